The molecule has 1 fully saturated rings. The predicted molar refractivity (Wildman–Crippen MR) is 54.1 cm³/mol. The lowest BCUT2D eigenvalue weighted by Gasteiger charge is -2.29. The quantitative estimate of drug-likeness (QED) is 0.627. The lowest BCUT2D eigenvalue weighted by atomic mass is 9.95. The SMILES string of the molecule is Oc1ccc(C2NCCCC2O)cc1. The molecule has 76 valence electrons. The van der Waals surface area contributed by atoms with Crippen LogP contribution in [0.2, 0.25) is 0 Å². The monoisotopic (exact) mass is 193 g/mol. The van der Waals surface area contributed by atoms with Gasteiger partial charge in [-0.2, -0.15) is 0 Å². The van der Waals surface area contributed by atoms with Crippen LogP contribution in [0.4, 0.5) is 0 Å². The van der Waals surface area contributed by atoms with Crippen LogP contribution < -0.4 is 5.32 Å². The van der Waals surface area contributed by atoms with Gasteiger partial charge < -0.3 is 15.5 Å². The summed E-state index contributed by atoms with van der Waals surface area (Å²) in [6.45, 7) is 0.947. The van der Waals surface area contributed by atoms with Gasteiger partial charge in [0.15, 0.2) is 0 Å². The Hall–Kier alpha value is -1.06. The lowest BCUT2D eigenvalue weighted by molar-refractivity contribution is 0.0965. The van der Waals surface area contributed by atoms with Crippen molar-refractivity contribution in [1.82, 2.24) is 5.32 Å². The Morgan fingerprint density at radius 2 is 1.93 bits per heavy atom. The summed E-state index contributed by atoms with van der Waals surface area (Å²) in [5.41, 5.74) is 1.04. The Morgan fingerprint density at radius 3 is 2.57 bits per heavy atom. The third-order valence-electron chi connectivity index (χ3n) is 2.68. The third-order valence-corrected chi connectivity index (χ3v) is 2.68. The first kappa shape index (κ1) is 9.49. The molecule has 0 amide bonds. The molecule has 1 aliphatic rings. The van der Waals surface area contributed by atoms with Crippen LogP contribution in [0.25, 0.3) is 0 Å². The molecule has 2 atom stereocenters. The fraction of sp³-hybridized carbons (Fsp3) is 0.455. The second-order valence-corrected chi connectivity index (χ2v) is 3.73. The van der Waals surface area contributed by atoms with Crippen LogP contribution in [-0.2, 0) is 0 Å². The average Bonchev–Trinajstić information content (AvgIpc) is 2.20. The van der Waals surface area contributed by atoms with Crippen molar-refractivity contribution in [3.63, 3.8) is 0 Å². The molecule has 1 heterocycles. The number of aliphatic hydroxyl groups excluding tert-OH is 1. The summed E-state index contributed by atoms with van der Waals surface area (Å²) in [7, 11) is 0. The molecule has 2 rings (SSSR count). The summed E-state index contributed by atoms with van der Waals surface area (Å²) >= 11 is 0. The van der Waals surface area contributed by atoms with Crippen LogP contribution in [0, 0.1) is 0 Å². The summed E-state index contributed by atoms with van der Waals surface area (Å²) in [5, 5.41) is 22.2. The number of benzene rings is 1. The fourth-order valence-electron chi connectivity index (χ4n) is 1.89. The van der Waals surface area contributed by atoms with Crippen LogP contribution in [0.3, 0.4) is 0 Å². The van der Waals surface area contributed by atoms with E-state index in [4.69, 9.17) is 5.11 Å². The molecule has 2 unspecified atom stereocenters. The van der Waals surface area contributed by atoms with Crippen LogP contribution in [0.5, 0.6) is 5.75 Å². The van der Waals surface area contributed by atoms with Gasteiger partial charge in [-0.3, -0.25) is 0 Å². The highest BCUT2D eigenvalue weighted by Crippen LogP contribution is 2.24. The molecule has 1 aliphatic heterocycles. The van der Waals surface area contributed by atoms with Gasteiger partial charge in [-0.1, -0.05) is 12.1 Å². The Morgan fingerprint density at radius 1 is 1.21 bits per heavy atom. The number of piperidine rings is 1. The van der Waals surface area contributed by atoms with Crippen LogP contribution in [0.1, 0.15) is 24.4 Å². The van der Waals surface area contributed by atoms with Gasteiger partial charge in [0, 0.05) is 0 Å². The summed E-state index contributed by atoms with van der Waals surface area (Å²) in [6.07, 6.45) is 1.56. The molecule has 3 heteroatoms. The maximum Gasteiger partial charge on any atom is 0.115 e. The molecule has 1 aromatic carbocycles. The first-order chi connectivity index (χ1) is 6.77. The smallest absolute Gasteiger partial charge is 0.115 e. The lowest BCUT2D eigenvalue weighted by Crippen LogP contribution is -2.37. The molecule has 3 N–H and O–H groups in total. The third kappa shape index (κ3) is 1.89. The molecule has 0 aliphatic carbocycles. The number of phenolic OH excluding ortho intramolecular Hbond substituents is 1. The van der Waals surface area contributed by atoms with Gasteiger partial charge in [0.05, 0.1) is 12.1 Å². The Balaban J connectivity index is 2.16. The van der Waals surface area contributed by atoms with E-state index in [1.54, 1.807) is 12.1 Å². The van der Waals surface area contributed by atoms with Crippen molar-refractivity contribution in [2.45, 2.75) is 25.0 Å². The predicted octanol–water partition coefficient (Wildman–Crippen LogP) is 1.18. The van der Waals surface area contributed by atoms with Crippen LogP contribution in [-0.4, -0.2) is 22.9 Å². The van der Waals surface area contributed by atoms with Gasteiger partial charge in [0.2, 0.25) is 0 Å². The number of aromatic hydroxyl groups is 1. The van der Waals surface area contributed by atoms with E-state index in [2.05, 4.69) is 5.32 Å². The average molecular weight is 193 g/mol. The van der Waals surface area contributed by atoms with Gasteiger partial charge in [0.25, 0.3) is 0 Å². The molecular formula is C11H15NO2. The van der Waals surface area contributed by atoms with Crippen molar-refractivity contribution in [2.24, 2.45) is 0 Å². The fourth-order valence-corrected chi connectivity index (χ4v) is 1.89. The molecule has 0 radical (unpaired) electrons. The minimum atomic E-state index is -0.312. The van der Waals surface area contributed by atoms with Crippen molar-refractivity contribution in [1.29, 1.82) is 0 Å². The van der Waals surface area contributed by atoms with Crippen molar-refractivity contribution >= 4 is 0 Å². The zero-order chi connectivity index (χ0) is 9.97. The van der Waals surface area contributed by atoms with E-state index in [-0.39, 0.29) is 17.9 Å². The number of hydrogen-bond acceptors (Lipinski definition) is 3. The molecular weight excluding hydrogens is 178 g/mol. The van der Waals surface area contributed by atoms with E-state index < -0.39 is 0 Å². The van der Waals surface area contributed by atoms with Gasteiger partial charge in [-0.05, 0) is 37.1 Å². The van der Waals surface area contributed by atoms with Gasteiger partial charge in [-0.25, -0.2) is 0 Å². The van der Waals surface area contributed by atoms with Crippen LogP contribution >= 0.6 is 0 Å². The molecule has 0 aromatic heterocycles. The maximum absolute atomic E-state index is 9.77. The normalized spacial score (nSPS) is 27.5. The topological polar surface area (TPSA) is 52.5 Å². The van der Waals surface area contributed by atoms with E-state index >= 15 is 0 Å². The number of hydrogen-bond donors (Lipinski definition) is 3. The number of aliphatic hydroxyl groups is 1. The highest BCUT2D eigenvalue weighted by molar-refractivity contribution is 5.28. The first-order valence-corrected chi connectivity index (χ1v) is 4.98. The number of nitrogens with one attached hydrogen (secondary N) is 1. The van der Waals surface area contributed by atoms with Crippen molar-refractivity contribution < 1.29 is 10.2 Å². The molecule has 1 saturated heterocycles. The Labute approximate surface area is 83.4 Å². The van der Waals surface area contributed by atoms with E-state index in [1.165, 1.54) is 0 Å². The van der Waals surface area contributed by atoms with E-state index in [0.29, 0.717) is 0 Å². The van der Waals surface area contributed by atoms with Gasteiger partial charge >= 0.3 is 0 Å². The summed E-state index contributed by atoms with van der Waals surface area (Å²) in [6, 6.07) is 7.02. The maximum atomic E-state index is 9.77. The molecule has 0 saturated carbocycles. The van der Waals surface area contributed by atoms with E-state index in [1.807, 2.05) is 12.1 Å². The Kier molecular flexibility index (Phi) is 2.70. The highest BCUT2D eigenvalue weighted by Gasteiger charge is 2.23. The van der Waals surface area contributed by atoms with E-state index in [9.17, 15) is 5.11 Å². The molecule has 1 aromatic rings. The zero-order valence-electron chi connectivity index (χ0n) is 7.98. The summed E-state index contributed by atoms with van der Waals surface area (Å²) < 4.78 is 0. The molecule has 3 nitrogen and oxygen atoms in total. The molecule has 0 bridgehead atoms. The standard InChI is InChI=1S/C11H15NO2/c13-9-5-3-8(4-6-9)11-10(14)2-1-7-12-11/h3-6,10-14H,1-2,7H2. The Bertz CT molecular complexity index is 297. The van der Waals surface area contributed by atoms with Crippen LogP contribution in [0.15, 0.2) is 24.3 Å². The minimum absolute atomic E-state index is 0.0179. The summed E-state index contributed by atoms with van der Waals surface area (Å²) in [4.78, 5) is 0. The summed E-state index contributed by atoms with van der Waals surface area (Å²) in [5.74, 6) is 0.263. The van der Waals surface area contributed by atoms with Crippen molar-refractivity contribution in [2.75, 3.05) is 6.54 Å². The van der Waals surface area contributed by atoms with Crippen molar-refractivity contribution in [3.8, 4) is 5.75 Å². The molecule has 14 heavy (non-hydrogen) atoms. The number of rotatable bonds is 1. The first-order valence-electron chi connectivity index (χ1n) is 4.98. The second-order valence-electron chi connectivity index (χ2n) is 3.73. The largest absolute Gasteiger partial charge is 0.508 e. The second kappa shape index (κ2) is 3.98. The number of phenols is 1. The van der Waals surface area contributed by atoms with E-state index in [0.717, 1.165) is 24.9 Å². The van der Waals surface area contributed by atoms with Crippen molar-refractivity contribution in [3.05, 3.63) is 29.8 Å². The molecule has 0 spiro atoms. The van der Waals surface area contributed by atoms with Gasteiger partial charge in [0.1, 0.15) is 5.75 Å². The minimum Gasteiger partial charge on any atom is -0.508 e. The van der Waals surface area contributed by atoms with Gasteiger partial charge in [-0.15, -0.1) is 0 Å². The highest BCUT2D eigenvalue weighted by atomic mass is 16.3. The zero-order valence-corrected chi connectivity index (χ0v) is 7.98.